The van der Waals surface area contributed by atoms with Crippen molar-refractivity contribution in [3.05, 3.63) is 52.1 Å². The van der Waals surface area contributed by atoms with Gasteiger partial charge in [0, 0.05) is 0 Å². The number of carbonyl (C=O) groups excluding carboxylic acids is 2. The highest BCUT2D eigenvalue weighted by atomic mass is 16.6. The molecular formula is C19H18N2O8. The number of hydrogen-bond donors (Lipinski definition) is 1. The molecule has 10 heteroatoms. The molecule has 0 aromatic heterocycles. The number of benzene rings is 2. The lowest BCUT2D eigenvalue weighted by Crippen LogP contribution is -2.22. The predicted octanol–water partition coefficient (Wildman–Crippen LogP) is 2.10. The van der Waals surface area contributed by atoms with Crippen LogP contribution in [0.3, 0.4) is 0 Å². The van der Waals surface area contributed by atoms with Gasteiger partial charge >= 0.3 is 5.97 Å². The van der Waals surface area contributed by atoms with Gasteiger partial charge in [0.2, 0.25) is 0 Å². The fraction of sp³-hybridized carbons (Fsp3) is 0.263. The Labute approximate surface area is 165 Å². The predicted molar refractivity (Wildman–Crippen MR) is 100 cm³/mol. The van der Waals surface area contributed by atoms with Crippen LogP contribution in [0, 0.1) is 10.1 Å². The maximum atomic E-state index is 12.0. The number of methoxy groups -OCH3 is 1. The molecule has 10 nitrogen and oxygen atoms in total. The summed E-state index contributed by atoms with van der Waals surface area (Å²) in [5, 5.41) is 13.5. The molecule has 1 heterocycles. The number of ether oxygens (including phenoxy) is 4. The number of carbonyl (C=O) groups is 2. The third-order valence-corrected chi connectivity index (χ3v) is 3.99. The van der Waals surface area contributed by atoms with E-state index in [1.165, 1.54) is 25.3 Å². The number of nitrogens with zero attached hydrogens (tertiary/aromatic N) is 1. The van der Waals surface area contributed by atoms with E-state index in [1.54, 1.807) is 18.2 Å². The number of hydrogen-bond acceptors (Lipinski definition) is 8. The van der Waals surface area contributed by atoms with Crippen LogP contribution in [0.5, 0.6) is 17.2 Å². The van der Waals surface area contributed by atoms with Crippen LogP contribution in [0.25, 0.3) is 0 Å². The van der Waals surface area contributed by atoms with Gasteiger partial charge in [0.25, 0.3) is 11.6 Å². The van der Waals surface area contributed by atoms with Crippen molar-refractivity contribution in [3.63, 3.8) is 0 Å². The number of nitro benzene ring substituents is 1. The number of nitrogens with one attached hydrogen (secondary N) is 1. The summed E-state index contributed by atoms with van der Waals surface area (Å²) >= 11 is 0. The first-order chi connectivity index (χ1) is 14.0. The fourth-order valence-electron chi connectivity index (χ4n) is 2.64. The number of nitro groups is 1. The largest absolute Gasteiger partial charge is 0.496 e. The molecule has 0 saturated heterocycles. The first-order valence-electron chi connectivity index (χ1n) is 8.62. The molecule has 2 aromatic carbocycles. The molecule has 0 spiro atoms. The lowest BCUT2D eigenvalue weighted by atomic mass is 10.1. The minimum Gasteiger partial charge on any atom is -0.496 e. The van der Waals surface area contributed by atoms with Gasteiger partial charge in [-0.3, -0.25) is 19.7 Å². The Balaban J connectivity index is 1.54. The van der Waals surface area contributed by atoms with Crippen molar-refractivity contribution in [3.8, 4) is 17.2 Å². The highest BCUT2D eigenvalue weighted by Gasteiger charge is 2.18. The van der Waals surface area contributed by atoms with Gasteiger partial charge in [-0.15, -0.1) is 0 Å². The van der Waals surface area contributed by atoms with E-state index in [0.717, 1.165) is 0 Å². The Hall–Kier alpha value is -3.82. The van der Waals surface area contributed by atoms with Crippen LogP contribution < -0.4 is 19.5 Å². The number of anilines is 1. The van der Waals surface area contributed by atoms with Crippen molar-refractivity contribution in [1.82, 2.24) is 0 Å². The highest BCUT2D eigenvalue weighted by Crippen LogP contribution is 2.31. The smallest absolute Gasteiger partial charge is 0.310 e. The molecule has 29 heavy (non-hydrogen) atoms. The average Bonchev–Trinajstić information content (AvgIpc) is 2.72. The molecular weight excluding hydrogens is 384 g/mol. The molecule has 0 unspecified atom stereocenters. The summed E-state index contributed by atoms with van der Waals surface area (Å²) in [5.74, 6) is 0.107. The van der Waals surface area contributed by atoms with Crippen LogP contribution in [0.2, 0.25) is 0 Å². The summed E-state index contributed by atoms with van der Waals surface area (Å²) in [7, 11) is 1.37. The Morgan fingerprint density at radius 3 is 2.62 bits per heavy atom. The van der Waals surface area contributed by atoms with Crippen molar-refractivity contribution in [2.75, 3.05) is 32.2 Å². The summed E-state index contributed by atoms with van der Waals surface area (Å²) in [4.78, 5) is 34.5. The first-order valence-corrected chi connectivity index (χ1v) is 8.62. The minimum atomic E-state index is -0.700. The second-order valence-corrected chi connectivity index (χ2v) is 6.00. The van der Waals surface area contributed by atoms with Gasteiger partial charge in [0.05, 0.1) is 24.5 Å². The van der Waals surface area contributed by atoms with Gasteiger partial charge in [-0.1, -0.05) is 6.07 Å². The van der Waals surface area contributed by atoms with E-state index in [9.17, 15) is 19.7 Å². The second-order valence-electron chi connectivity index (χ2n) is 6.00. The van der Waals surface area contributed by atoms with E-state index in [-0.39, 0.29) is 23.5 Å². The third kappa shape index (κ3) is 5.12. The van der Waals surface area contributed by atoms with E-state index in [1.807, 2.05) is 0 Å². The van der Waals surface area contributed by atoms with Crippen molar-refractivity contribution < 1.29 is 33.5 Å². The third-order valence-electron chi connectivity index (χ3n) is 3.99. The van der Waals surface area contributed by atoms with E-state index < -0.39 is 23.4 Å². The first kappa shape index (κ1) is 19.9. The molecule has 1 aliphatic rings. The topological polar surface area (TPSA) is 126 Å². The normalized spacial score (nSPS) is 12.0. The average molecular weight is 402 g/mol. The van der Waals surface area contributed by atoms with Crippen molar-refractivity contribution in [2.24, 2.45) is 0 Å². The second kappa shape index (κ2) is 8.91. The van der Waals surface area contributed by atoms with Crippen LogP contribution in [0.4, 0.5) is 11.4 Å². The summed E-state index contributed by atoms with van der Waals surface area (Å²) in [6.45, 7) is 0.320. The van der Waals surface area contributed by atoms with E-state index in [4.69, 9.17) is 18.9 Å². The zero-order chi connectivity index (χ0) is 20.8. The highest BCUT2D eigenvalue weighted by molar-refractivity contribution is 5.95. The molecule has 0 aliphatic carbocycles. The SMILES string of the molecule is COc1ccc(NC(=O)COC(=O)Cc2ccc3c(c2)OCCO3)c([N+](=O)[O-])c1. The van der Waals surface area contributed by atoms with Crippen molar-refractivity contribution in [2.45, 2.75) is 6.42 Å². The Morgan fingerprint density at radius 1 is 1.14 bits per heavy atom. The maximum absolute atomic E-state index is 12.0. The Kier molecular flexibility index (Phi) is 6.12. The molecule has 0 radical (unpaired) electrons. The zero-order valence-corrected chi connectivity index (χ0v) is 15.5. The van der Waals surface area contributed by atoms with Crippen LogP contribution >= 0.6 is 0 Å². The summed E-state index contributed by atoms with van der Waals surface area (Å²) in [5.41, 5.74) is 0.287. The molecule has 0 bridgehead atoms. The Morgan fingerprint density at radius 2 is 1.90 bits per heavy atom. The fourth-order valence-corrected chi connectivity index (χ4v) is 2.64. The van der Waals surface area contributed by atoms with Gasteiger partial charge in [-0.05, 0) is 29.8 Å². The molecule has 1 aliphatic heterocycles. The molecule has 0 saturated carbocycles. The number of rotatable bonds is 7. The molecule has 0 atom stereocenters. The van der Waals surface area contributed by atoms with Crippen molar-refractivity contribution >= 4 is 23.3 Å². The molecule has 0 fully saturated rings. The number of esters is 1. The van der Waals surface area contributed by atoms with Gasteiger partial charge in [-0.25, -0.2) is 0 Å². The quantitative estimate of drug-likeness (QED) is 0.424. The maximum Gasteiger partial charge on any atom is 0.310 e. The van der Waals surface area contributed by atoms with E-state index >= 15 is 0 Å². The minimum absolute atomic E-state index is 0.0244. The number of fused-ring (bicyclic) bond motifs is 1. The van der Waals surface area contributed by atoms with Crippen LogP contribution in [-0.2, 0) is 20.7 Å². The summed E-state index contributed by atoms with van der Waals surface area (Å²) in [6.07, 6.45) is -0.0629. The zero-order valence-electron chi connectivity index (χ0n) is 15.5. The molecule has 1 amide bonds. The van der Waals surface area contributed by atoms with E-state index in [0.29, 0.717) is 30.3 Å². The van der Waals surface area contributed by atoms with E-state index in [2.05, 4.69) is 5.32 Å². The lowest BCUT2D eigenvalue weighted by molar-refractivity contribution is -0.384. The standard InChI is InChI=1S/C19H18N2O8/c1-26-13-3-4-14(15(10-13)21(24)25)20-18(22)11-29-19(23)9-12-2-5-16-17(8-12)28-7-6-27-16/h2-5,8,10H,6-7,9,11H2,1H3,(H,20,22). The van der Waals surface area contributed by atoms with Crippen LogP contribution in [0.15, 0.2) is 36.4 Å². The molecule has 1 N–H and O–H groups in total. The van der Waals surface area contributed by atoms with Crippen LogP contribution in [0.1, 0.15) is 5.56 Å². The summed E-state index contributed by atoms with van der Waals surface area (Å²) < 4.78 is 20.7. The summed E-state index contributed by atoms with van der Waals surface area (Å²) in [6, 6.07) is 9.07. The van der Waals surface area contributed by atoms with Gasteiger partial charge < -0.3 is 24.3 Å². The Bertz CT molecular complexity index is 944. The van der Waals surface area contributed by atoms with Gasteiger partial charge in [0.15, 0.2) is 18.1 Å². The van der Waals surface area contributed by atoms with Gasteiger partial charge in [-0.2, -0.15) is 0 Å². The van der Waals surface area contributed by atoms with Crippen LogP contribution in [-0.4, -0.2) is 43.7 Å². The molecule has 3 rings (SSSR count). The molecule has 152 valence electrons. The number of amides is 1. The van der Waals surface area contributed by atoms with Gasteiger partial charge in [0.1, 0.15) is 24.7 Å². The monoisotopic (exact) mass is 402 g/mol. The lowest BCUT2D eigenvalue weighted by Gasteiger charge is -2.18. The molecule has 2 aromatic rings. The van der Waals surface area contributed by atoms with Crippen molar-refractivity contribution in [1.29, 1.82) is 0 Å².